The number of benzene rings is 2. The highest BCUT2D eigenvalue weighted by Crippen LogP contribution is 2.32. The van der Waals surface area contributed by atoms with Gasteiger partial charge in [-0.1, -0.05) is 18.5 Å². The Bertz CT molecular complexity index is 945. The van der Waals surface area contributed by atoms with Gasteiger partial charge >= 0.3 is 0 Å². The summed E-state index contributed by atoms with van der Waals surface area (Å²) in [5.74, 6) is 1.07. The molecule has 9 heteroatoms. The second-order valence-electron chi connectivity index (χ2n) is 7.11. The van der Waals surface area contributed by atoms with Crippen LogP contribution in [0.15, 0.2) is 36.4 Å². The number of piperazine rings is 1. The van der Waals surface area contributed by atoms with Gasteiger partial charge in [0, 0.05) is 42.8 Å². The third-order valence-electron chi connectivity index (χ3n) is 4.99. The Kier molecular flexibility index (Phi) is 7.57. The highest BCUT2D eigenvalue weighted by atomic mass is 35.5. The van der Waals surface area contributed by atoms with Crippen molar-refractivity contribution < 1.29 is 19.2 Å². The molecule has 3 rings (SSSR count). The van der Waals surface area contributed by atoms with Crippen LogP contribution in [0.4, 0.5) is 11.4 Å². The third-order valence-corrected chi connectivity index (χ3v) is 5.23. The molecule has 2 aromatic rings. The van der Waals surface area contributed by atoms with Crippen molar-refractivity contribution in [3.63, 3.8) is 0 Å². The molecule has 0 atom stereocenters. The predicted molar refractivity (Wildman–Crippen MR) is 120 cm³/mol. The summed E-state index contributed by atoms with van der Waals surface area (Å²) in [4.78, 5) is 27.6. The average Bonchev–Trinajstić information content (AvgIpc) is 2.78. The number of hydrogen-bond acceptors (Lipinski definition) is 6. The molecule has 0 spiro atoms. The van der Waals surface area contributed by atoms with Gasteiger partial charge in [-0.05, 0) is 43.7 Å². The van der Waals surface area contributed by atoms with Gasteiger partial charge in [0.2, 0.25) is 0 Å². The fourth-order valence-corrected chi connectivity index (χ4v) is 3.65. The monoisotopic (exact) mass is 447 g/mol. The molecule has 2 aromatic carbocycles. The first-order valence-electron chi connectivity index (χ1n) is 10.3. The molecule has 1 aliphatic heterocycles. The topological polar surface area (TPSA) is 85.2 Å². The van der Waals surface area contributed by atoms with Gasteiger partial charge in [0.25, 0.3) is 11.6 Å². The fourth-order valence-electron chi connectivity index (χ4n) is 3.48. The van der Waals surface area contributed by atoms with Gasteiger partial charge in [-0.25, -0.2) is 0 Å². The van der Waals surface area contributed by atoms with Gasteiger partial charge in [-0.3, -0.25) is 14.9 Å². The first-order chi connectivity index (χ1) is 14.9. The van der Waals surface area contributed by atoms with Crippen molar-refractivity contribution >= 4 is 28.9 Å². The molecule has 1 aliphatic rings. The lowest BCUT2D eigenvalue weighted by molar-refractivity contribution is -0.384. The fraction of sp³-hybridized carbons (Fsp3) is 0.409. The van der Waals surface area contributed by atoms with Crippen molar-refractivity contribution in [2.75, 3.05) is 44.3 Å². The Morgan fingerprint density at radius 2 is 1.81 bits per heavy atom. The number of amides is 1. The summed E-state index contributed by atoms with van der Waals surface area (Å²) in [6, 6.07) is 9.87. The zero-order valence-electron chi connectivity index (χ0n) is 17.7. The second kappa shape index (κ2) is 10.3. The van der Waals surface area contributed by atoms with Crippen LogP contribution in [0, 0.1) is 10.1 Å². The quantitative estimate of drug-likeness (QED) is 0.440. The van der Waals surface area contributed by atoms with Crippen molar-refractivity contribution in [3.8, 4) is 11.5 Å². The number of nitrogens with zero attached hydrogens (tertiary/aromatic N) is 3. The van der Waals surface area contributed by atoms with E-state index < -0.39 is 4.92 Å². The Labute approximate surface area is 186 Å². The minimum Gasteiger partial charge on any atom is -0.490 e. The molecule has 1 saturated heterocycles. The van der Waals surface area contributed by atoms with E-state index in [0.29, 0.717) is 67.2 Å². The molecule has 0 aromatic heterocycles. The zero-order chi connectivity index (χ0) is 22.4. The van der Waals surface area contributed by atoms with Gasteiger partial charge in [0.1, 0.15) is 5.69 Å². The van der Waals surface area contributed by atoms with E-state index in [4.69, 9.17) is 21.1 Å². The highest BCUT2D eigenvalue weighted by Gasteiger charge is 2.27. The first-order valence-corrected chi connectivity index (χ1v) is 10.7. The Morgan fingerprint density at radius 1 is 1.06 bits per heavy atom. The summed E-state index contributed by atoms with van der Waals surface area (Å²) in [6.07, 6.45) is 0.877. The highest BCUT2D eigenvalue weighted by molar-refractivity contribution is 6.30. The van der Waals surface area contributed by atoms with Crippen LogP contribution in [0.2, 0.25) is 5.02 Å². The van der Waals surface area contributed by atoms with Gasteiger partial charge in [0.15, 0.2) is 11.5 Å². The standard InChI is InChI=1S/C22H26ClN3O5/c1-3-13-31-20-8-5-16(14-21(20)30-4-2)22(27)25-11-9-24(10-12-25)18-7-6-17(23)15-19(18)26(28)29/h5-8,14-15H,3-4,9-13H2,1-2H3. The van der Waals surface area contributed by atoms with Crippen LogP contribution in [0.25, 0.3) is 0 Å². The van der Waals surface area contributed by atoms with E-state index in [9.17, 15) is 14.9 Å². The van der Waals surface area contributed by atoms with Crippen molar-refractivity contribution in [1.82, 2.24) is 4.90 Å². The summed E-state index contributed by atoms with van der Waals surface area (Å²) in [7, 11) is 0. The average molecular weight is 448 g/mol. The zero-order valence-corrected chi connectivity index (χ0v) is 18.4. The first kappa shape index (κ1) is 22.7. The number of anilines is 1. The van der Waals surface area contributed by atoms with E-state index in [-0.39, 0.29) is 11.6 Å². The molecule has 166 valence electrons. The maximum atomic E-state index is 13.0. The predicted octanol–water partition coefficient (Wildman–Crippen LogP) is 4.40. The van der Waals surface area contributed by atoms with Gasteiger partial charge in [-0.15, -0.1) is 0 Å². The molecule has 1 fully saturated rings. The number of nitro groups is 1. The molecule has 0 saturated carbocycles. The lowest BCUT2D eigenvalue weighted by Gasteiger charge is -2.36. The maximum absolute atomic E-state index is 13.0. The minimum atomic E-state index is -0.434. The maximum Gasteiger partial charge on any atom is 0.294 e. The van der Waals surface area contributed by atoms with E-state index in [1.54, 1.807) is 35.2 Å². The number of nitro benzene ring substituents is 1. The van der Waals surface area contributed by atoms with Gasteiger partial charge in [-0.2, -0.15) is 0 Å². The molecule has 1 heterocycles. The molecule has 31 heavy (non-hydrogen) atoms. The van der Waals surface area contributed by atoms with Crippen molar-refractivity contribution in [2.45, 2.75) is 20.3 Å². The number of halogens is 1. The largest absolute Gasteiger partial charge is 0.490 e. The van der Waals surface area contributed by atoms with Crippen LogP contribution in [0.1, 0.15) is 30.6 Å². The summed E-state index contributed by atoms with van der Waals surface area (Å²) >= 11 is 5.91. The van der Waals surface area contributed by atoms with E-state index in [1.165, 1.54) is 6.07 Å². The van der Waals surface area contributed by atoms with Crippen LogP contribution in [0.3, 0.4) is 0 Å². The summed E-state index contributed by atoms with van der Waals surface area (Å²) in [6.45, 7) is 6.84. The number of carbonyl (C=O) groups is 1. The smallest absolute Gasteiger partial charge is 0.294 e. The molecule has 0 bridgehead atoms. The van der Waals surface area contributed by atoms with Crippen molar-refractivity contribution in [2.24, 2.45) is 0 Å². The lowest BCUT2D eigenvalue weighted by Crippen LogP contribution is -2.49. The van der Waals surface area contributed by atoms with Crippen LogP contribution >= 0.6 is 11.6 Å². The Morgan fingerprint density at radius 3 is 2.45 bits per heavy atom. The minimum absolute atomic E-state index is 0.0312. The number of ether oxygens (including phenoxy) is 2. The summed E-state index contributed by atoms with van der Waals surface area (Å²) < 4.78 is 11.4. The second-order valence-corrected chi connectivity index (χ2v) is 7.55. The number of rotatable bonds is 8. The van der Waals surface area contributed by atoms with E-state index in [1.807, 2.05) is 18.7 Å². The van der Waals surface area contributed by atoms with Crippen LogP contribution in [-0.4, -0.2) is 55.1 Å². The number of carbonyl (C=O) groups excluding carboxylic acids is 1. The molecule has 1 amide bonds. The lowest BCUT2D eigenvalue weighted by atomic mass is 10.1. The molecular formula is C22H26ClN3O5. The Balaban J connectivity index is 1.70. The summed E-state index contributed by atoms with van der Waals surface area (Å²) in [5, 5.41) is 11.7. The molecule has 8 nitrogen and oxygen atoms in total. The molecule has 0 radical (unpaired) electrons. The molecule has 0 unspecified atom stereocenters. The third kappa shape index (κ3) is 5.38. The van der Waals surface area contributed by atoms with E-state index >= 15 is 0 Å². The summed E-state index contributed by atoms with van der Waals surface area (Å²) in [5.41, 5.74) is 1.01. The van der Waals surface area contributed by atoms with E-state index in [0.717, 1.165) is 6.42 Å². The van der Waals surface area contributed by atoms with Crippen molar-refractivity contribution in [3.05, 3.63) is 57.1 Å². The van der Waals surface area contributed by atoms with Crippen LogP contribution < -0.4 is 14.4 Å². The number of hydrogen-bond donors (Lipinski definition) is 0. The van der Waals surface area contributed by atoms with E-state index in [2.05, 4.69) is 0 Å². The van der Waals surface area contributed by atoms with Gasteiger partial charge in [0.05, 0.1) is 18.1 Å². The van der Waals surface area contributed by atoms with Crippen LogP contribution in [0.5, 0.6) is 11.5 Å². The van der Waals surface area contributed by atoms with Crippen molar-refractivity contribution in [1.29, 1.82) is 0 Å². The Hall–Kier alpha value is -3.00. The SMILES string of the molecule is CCCOc1ccc(C(=O)N2CCN(c3ccc(Cl)cc3[N+](=O)[O-])CC2)cc1OCC. The normalized spacial score (nSPS) is 13.8. The molecular weight excluding hydrogens is 422 g/mol. The molecule has 0 N–H and O–H groups in total. The molecule has 0 aliphatic carbocycles. The van der Waals surface area contributed by atoms with Gasteiger partial charge < -0.3 is 19.3 Å². The van der Waals surface area contributed by atoms with Crippen LogP contribution in [-0.2, 0) is 0 Å².